The minimum atomic E-state index is 0.0615. The summed E-state index contributed by atoms with van der Waals surface area (Å²) in [7, 11) is 0. The van der Waals surface area contributed by atoms with Gasteiger partial charge in [0, 0.05) is 34.2 Å². The fourth-order valence-corrected chi connectivity index (χ4v) is 3.68. The molecule has 1 fully saturated rings. The lowest BCUT2D eigenvalue weighted by molar-refractivity contribution is 0.276. The summed E-state index contributed by atoms with van der Waals surface area (Å²) in [5, 5.41) is 8.14. The molecule has 3 nitrogen and oxygen atoms in total. The van der Waals surface area contributed by atoms with Crippen molar-refractivity contribution in [1.29, 1.82) is 5.41 Å². The molecule has 2 rings (SSSR count). The van der Waals surface area contributed by atoms with Crippen molar-refractivity contribution in [3.05, 3.63) is 34.3 Å². The molecule has 20 heavy (non-hydrogen) atoms. The zero-order valence-electron chi connectivity index (χ0n) is 12.1. The number of hydrogen-bond acceptors (Lipinski definition) is 3. The summed E-state index contributed by atoms with van der Waals surface area (Å²) in [4.78, 5) is 2.45. The third kappa shape index (κ3) is 4.14. The van der Waals surface area contributed by atoms with Crippen molar-refractivity contribution >= 4 is 29.2 Å². The Bertz CT molecular complexity index is 502. The van der Waals surface area contributed by atoms with E-state index in [2.05, 4.69) is 18.7 Å². The first kappa shape index (κ1) is 15.7. The second kappa shape index (κ2) is 6.37. The predicted molar refractivity (Wildman–Crippen MR) is 88.9 cm³/mol. The number of amidine groups is 1. The Morgan fingerprint density at radius 2 is 2.20 bits per heavy atom. The largest absolute Gasteiger partial charge is 0.384 e. The van der Waals surface area contributed by atoms with Crippen LogP contribution in [-0.2, 0) is 6.54 Å². The molecule has 0 amide bonds. The number of halogens is 1. The lowest BCUT2D eigenvalue weighted by atomic mass is 10.1. The molecule has 0 spiro atoms. The molecule has 0 aliphatic carbocycles. The van der Waals surface area contributed by atoms with Gasteiger partial charge in [-0.2, -0.15) is 11.8 Å². The molecule has 0 unspecified atom stereocenters. The molecule has 0 radical (unpaired) electrons. The van der Waals surface area contributed by atoms with E-state index in [1.54, 1.807) is 6.07 Å². The average Bonchev–Trinajstić information content (AvgIpc) is 2.53. The second-order valence-electron chi connectivity index (χ2n) is 5.85. The van der Waals surface area contributed by atoms with Gasteiger partial charge in [-0.25, -0.2) is 0 Å². The van der Waals surface area contributed by atoms with Crippen molar-refractivity contribution in [2.24, 2.45) is 5.73 Å². The van der Waals surface area contributed by atoms with E-state index in [4.69, 9.17) is 22.7 Å². The summed E-state index contributed by atoms with van der Waals surface area (Å²) in [6.07, 6.45) is 1.20. The zero-order valence-corrected chi connectivity index (χ0v) is 13.7. The van der Waals surface area contributed by atoms with Crippen LogP contribution in [0.3, 0.4) is 0 Å². The van der Waals surface area contributed by atoms with E-state index in [-0.39, 0.29) is 5.84 Å². The number of nitrogens with one attached hydrogen (secondary N) is 1. The molecule has 1 aliphatic rings. The number of nitrogen functional groups attached to an aromatic ring is 1. The molecular formula is C15H22ClN3S. The number of nitrogens with zero attached hydrogens (tertiary/aromatic N) is 1. The Kier molecular flexibility index (Phi) is 4.99. The van der Waals surface area contributed by atoms with Gasteiger partial charge in [0.1, 0.15) is 5.84 Å². The van der Waals surface area contributed by atoms with Crippen molar-refractivity contribution in [2.45, 2.75) is 31.6 Å². The number of nitrogens with two attached hydrogens (primary N) is 1. The predicted octanol–water partition coefficient (Wildman–Crippen LogP) is 3.34. The van der Waals surface area contributed by atoms with E-state index >= 15 is 0 Å². The van der Waals surface area contributed by atoms with Crippen molar-refractivity contribution in [1.82, 2.24) is 4.90 Å². The Balaban J connectivity index is 2.05. The van der Waals surface area contributed by atoms with E-state index < -0.39 is 0 Å². The zero-order chi connectivity index (χ0) is 14.8. The molecule has 110 valence electrons. The van der Waals surface area contributed by atoms with Gasteiger partial charge in [0.25, 0.3) is 0 Å². The van der Waals surface area contributed by atoms with E-state index in [0.717, 1.165) is 31.0 Å². The summed E-state index contributed by atoms with van der Waals surface area (Å²) in [5.74, 6) is 1.22. The SMILES string of the molecule is CC1(C)CCN(Cc2ccc(C(=N)N)cc2Cl)CCS1. The molecule has 5 heteroatoms. The van der Waals surface area contributed by atoms with Crippen LogP contribution in [0, 0.1) is 5.41 Å². The topological polar surface area (TPSA) is 53.1 Å². The quantitative estimate of drug-likeness (QED) is 0.665. The smallest absolute Gasteiger partial charge is 0.122 e. The Morgan fingerprint density at radius 1 is 1.45 bits per heavy atom. The van der Waals surface area contributed by atoms with Crippen LogP contribution in [0.25, 0.3) is 0 Å². The molecule has 1 saturated heterocycles. The van der Waals surface area contributed by atoms with Crippen LogP contribution in [0.5, 0.6) is 0 Å². The normalized spacial score (nSPS) is 19.6. The molecule has 1 aromatic rings. The van der Waals surface area contributed by atoms with Crippen LogP contribution in [0.4, 0.5) is 0 Å². The monoisotopic (exact) mass is 311 g/mol. The highest BCUT2D eigenvalue weighted by Crippen LogP contribution is 2.31. The number of hydrogen-bond donors (Lipinski definition) is 2. The van der Waals surface area contributed by atoms with Gasteiger partial charge in [-0.1, -0.05) is 37.6 Å². The third-order valence-electron chi connectivity index (χ3n) is 3.69. The average molecular weight is 312 g/mol. The van der Waals surface area contributed by atoms with Crippen LogP contribution in [0.1, 0.15) is 31.4 Å². The maximum atomic E-state index is 7.43. The first-order chi connectivity index (χ1) is 9.37. The molecule has 0 saturated carbocycles. The number of thioether (sulfide) groups is 1. The van der Waals surface area contributed by atoms with Gasteiger partial charge in [0.15, 0.2) is 0 Å². The molecular weight excluding hydrogens is 290 g/mol. The van der Waals surface area contributed by atoms with Gasteiger partial charge in [-0.05, 0) is 24.6 Å². The summed E-state index contributed by atoms with van der Waals surface area (Å²) in [6, 6.07) is 5.65. The molecule has 1 heterocycles. The lowest BCUT2D eigenvalue weighted by Gasteiger charge is -2.23. The Labute approximate surface area is 130 Å². The molecule has 3 N–H and O–H groups in total. The molecule has 0 bridgehead atoms. The third-order valence-corrected chi connectivity index (χ3v) is 5.41. The van der Waals surface area contributed by atoms with E-state index in [0.29, 0.717) is 15.3 Å². The molecule has 1 aromatic carbocycles. The van der Waals surface area contributed by atoms with Crippen molar-refractivity contribution in [3.8, 4) is 0 Å². The molecule has 0 aromatic heterocycles. The van der Waals surface area contributed by atoms with Gasteiger partial charge in [0.2, 0.25) is 0 Å². The van der Waals surface area contributed by atoms with Crippen molar-refractivity contribution in [2.75, 3.05) is 18.8 Å². The van der Waals surface area contributed by atoms with Gasteiger partial charge < -0.3 is 5.73 Å². The fraction of sp³-hybridized carbons (Fsp3) is 0.533. The van der Waals surface area contributed by atoms with Crippen LogP contribution in [0.15, 0.2) is 18.2 Å². The number of rotatable bonds is 3. The summed E-state index contributed by atoms with van der Waals surface area (Å²) < 4.78 is 0.372. The first-order valence-electron chi connectivity index (χ1n) is 6.86. The highest BCUT2D eigenvalue weighted by Gasteiger charge is 2.23. The van der Waals surface area contributed by atoms with E-state index in [1.807, 2.05) is 23.9 Å². The standard InChI is InChI=1S/C15H22ClN3S/c1-15(2)5-6-19(7-8-20-15)10-12-4-3-11(14(17)18)9-13(12)16/h3-4,9H,5-8,10H2,1-2H3,(H3,17,18). The summed E-state index contributed by atoms with van der Waals surface area (Å²) in [5.41, 5.74) is 7.28. The summed E-state index contributed by atoms with van der Waals surface area (Å²) in [6.45, 7) is 7.70. The van der Waals surface area contributed by atoms with Crippen molar-refractivity contribution in [3.63, 3.8) is 0 Å². The van der Waals surface area contributed by atoms with E-state index in [1.165, 1.54) is 6.42 Å². The van der Waals surface area contributed by atoms with Gasteiger partial charge in [0.05, 0.1) is 0 Å². The van der Waals surface area contributed by atoms with Gasteiger partial charge >= 0.3 is 0 Å². The Hall–Kier alpha value is -0.710. The lowest BCUT2D eigenvalue weighted by Crippen LogP contribution is -2.27. The van der Waals surface area contributed by atoms with Gasteiger partial charge in [-0.15, -0.1) is 0 Å². The van der Waals surface area contributed by atoms with Crippen molar-refractivity contribution < 1.29 is 0 Å². The molecule has 1 aliphatic heterocycles. The first-order valence-corrected chi connectivity index (χ1v) is 8.23. The number of benzene rings is 1. The second-order valence-corrected chi connectivity index (χ2v) is 8.06. The summed E-state index contributed by atoms with van der Waals surface area (Å²) >= 11 is 8.35. The highest BCUT2D eigenvalue weighted by atomic mass is 35.5. The van der Waals surface area contributed by atoms with Gasteiger partial charge in [-0.3, -0.25) is 10.3 Å². The highest BCUT2D eigenvalue weighted by molar-refractivity contribution is 8.00. The van der Waals surface area contributed by atoms with Crippen LogP contribution in [-0.4, -0.2) is 34.3 Å². The minimum absolute atomic E-state index is 0.0615. The van der Waals surface area contributed by atoms with Crippen LogP contribution >= 0.6 is 23.4 Å². The maximum Gasteiger partial charge on any atom is 0.122 e. The minimum Gasteiger partial charge on any atom is -0.384 e. The molecule has 0 atom stereocenters. The fourth-order valence-electron chi connectivity index (χ4n) is 2.30. The Morgan fingerprint density at radius 3 is 2.85 bits per heavy atom. The van der Waals surface area contributed by atoms with E-state index in [9.17, 15) is 0 Å². The van der Waals surface area contributed by atoms with Crippen LogP contribution in [0.2, 0.25) is 5.02 Å². The van der Waals surface area contributed by atoms with Crippen LogP contribution < -0.4 is 5.73 Å². The maximum absolute atomic E-state index is 7.43.